The third-order valence-corrected chi connectivity index (χ3v) is 2.68. The fraction of sp³-hybridized carbons (Fsp3) is 0.375. The Labute approximate surface area is 89.7 Å². The Bertz CT molecular complexity index is 529. The molecular formula is C8H11N3O3S. The van der Waals surface area contributed by atoms with Gasteiger partial charge < -0.3 is 5.11 Å². The van der Waals surface area contributed by atoms with Gasteiger partial charge in [0.15, 0.2) is 0 Å². The molecule has 1 rings (SSSR count). The average molecular weight is 229 g/mol. The van der Waals surface area contributed by atoms with Crippen LogP contribution in [0.4, 0.5) is 0 Å². The van der Waals surface area contributed by atoms with E-state index in [1.807, 2.05) is 0 Å². The number of nitrogens with one attached hydrogen (secondary N) is 1. The van der Waals surface area contributed by atoms with Gasteiger partial charge in [-0.3, -0.25) is 19.3 Å². The van der Waals surface area contributed by atoms with Crippen LogP contribution in [0.15, 0.2) is 9.59 Å². The van der Waals surface area contributed by atoms with Crippen molar-refractivity contribution in [3.63, 3.8) is 0 Å². The Morgan fingerprint density at radius 1 is 1.33 bits per heavy atom. The molecule has 15 heavy (non-hydrogen) atoms. The van der Waals surface area contributed by atoms with Crippen LogP contribution in [-0.2, 0) is 14.1 Å². The second-order valence-electron chi connectivity index (χ2n) is 2.94. The third kappa shape index (κ3) is 1.70. The number of hydrogen-bond acceptors (Lipinski definition) is 5. The maximum atomic E-state index is 11.6. The van der Waals surface area contributed by atoms with Crippen molar-refractivity contribution >= 4 is 16.8 Å². The number of aromatic hydroxyl groups is 1. The molecule has 0 bridgehead atoms. The molecule has 0 spiro atoms. The molecule has 0 aliphatic rings. The lowest BCUT2D eigenvalue weighted by molar-refractivity contribution is 0.410. The number of rotatable bonds is 1. The molecule has 0 saturated carbocycles. The Morgan fingerprint density at radius 3 is 2.33 bits per heavy atom. The van der Waals surface area contributed by atoms with E-state index in [-0.39, 0.29) is 10.6 Å². The largest absolute Gasteiger partial charge is 0.494 e. The minimum Gasteiger partial charge on any atom is -0.494 e. The van der Waals surface area contributed by atoms with E-state index in [9.17, 15) is 14.7 Å². The summed E-state index contributed by atoms with van der Waals surface area (Å²) in [6, 6.07) is 0. The minimum atomic E-state index is -0.657. The molecule has 0 aliphatic carbocycles. The second-order valence-corrected chi connectivity index (χ2v) is 3.75. The summed E-state index contributed by atoms with van der Waals surface area (Å²) >= 11 is 1.02. The van der Waals surface area contributed by atoms with Gasteiger partial charge in [-0.05, 0) is 6.26 Å². The van der Waals surface area contributed by atoms with Crippen molar-refractivity contribution in [2.45, 2.75) is 0 Å². The topological polar surface area (TPSA) is 88.1 Å². The predicted molar refractivity (Wildman–Crippen MR) is 58.9 cm³/mol. The van der Waals surface area contributed by atoms with Crippen molar-refractivity contribution in [3.05, 3.63) is 26.4 Å². The zero-order valence-corrected chi connectivity index (χ0v) is 9.38. The fourth-order valence-electron chi connectivity index (χ4n) is 1.13. The van der Waals surface area contributed by atoms with Crippen LogP contribution in [0.2, 0.25) is 0 Å². The number of aromatic nitrogens is 2. The summed E-state index contributed by atoms with van der Waals surface area (Å²) in [5, 5.41) is 17.0. The van der Waals surface area contributed by atoms with Crippen LogP contribution in [0, 0.1) is 5.41 Å². The molecule has 0 aliphatic heterocycles. The third-order valence-electron chi connectivity index (χ3n) is 2.06. The summed E-state index contributed by atoms with van der Waals surface area (Å²) in [5.74, 6) is -0.470. The quantitative estimate of drug-likeness (QED) is 0.501. The molecule has 1 heterocycles. The van der Waals surface area contributed by atoms with Gasteiger partial charge in [0.2, 0.25) is 5.88 Å². The smallest absolute Gasteiger partial charge is 0.333 e. The summed E-state index contributed by atoms with van der Waals surface area (Å²) in [4.78, 5) is 23.0. The van der Waals surface area contributed by atoms with E-state index in [0.717, 1.165) is 20.9 Å². The van der Waals surface area contributed by atoms with Crippen LogP contribution in [0.25, 0.3) is 0 Å². The van der Waals surface area contributed by atoms with Gasteiger partial charge in [-0.25, -0.2) is 4.79 Å². The van der Waals surface area contributed by atoms with Crippen molar-refractivity contribution < 1.29 is 5.11 Å². The van der Waals surface area contributed by atoms with Gasteiger partial charge in [0.25, 0.3) is 5.56 Å². The minimum absolute atomic E-state index is 0.0660. The van der Waals surface area contributed by atoms with Crippen LogP contribution in [0.3, 0.4) is 0 Å². The molecular weight excluding hydrogens is 218 g/mol. The first-order valence-corrected chi connectivity index (χ1v) is 5.26. The zero-order valence-electron chi connectivity index (χ0n) is 8.57. The van der Waals surface area contributed by atoms with E-state index >= 15 is 0 Å². The van der Waals surface area contributed by atoms with Gasteiger partial charge in [0.1, 0.15) is 10.6 Å². The van der Waals surface area contributed by atoms with E-state index in [1.54, 1.807) is 6.26 Å². The highest BCUT2D eigenvalue weighted by atomic mass is 32.2. The summed E-state index contributed by atoms with van der Waals surface area (Å²) in [6.07, 6.45) is 1.62. The molecule has 0 radical (unpaired) electrons. The molecule has 2 N–H and O–H groups in total. The van der Waals surface area contributed by atoms with E-state index in [2.05, 4.69) is 0 Å². The Kier molecular flexibility index (Phi) is 3.04. The van der Waals surface area contributed by atoms with E-state index in [0.29, 0.717) is 0 Å². The molecule has 6 nitrogen and oxygen atoms in total. The maximum absolute atomic E-state index is 11.6. The SMILES string of the molecule is CSC(=N)c1c(O)n(C)c(=O)n(C)c1=O. The molecule has 7 heteroatoms. The first-order chi connectivity index (χ1) is 6.91. The van der Waals surface area contributed by atoms with Crippen LogP contribution in [0.1, 0.15) is 5.56 Å². The average Bonchev–Trinajstić information content (AvgIpc) is 2.23. The number of nitrogens with zero attached hydrogens (tertiary/aromatic N) is 2. The molecule has 82 valence electrons. The number of thioether (sulfide) groups is 1. The maximum Gasteiger partial charge on any atom is 0.333 e. The zero-order chi connectivity index (χ0) is 11.7. The molecule has 0 fully saturated rings. The lowest BCUT2D eigenvalue weighted by Crippen LogP contribution is -2.39. The molecule has 0 amide bonds. The van der Waals surface area contributed by atoms with Gasteiger partial charge in [0.05, 0.1) is 0 Å². The van der Waals surface area contributed by atoms with Crippen LogP contribution < -0.4 is 11.2 Å². The lowest BCUT2D eigenvalue weighted by Gasteiger charge is -2.09. The van der Waals surface area contributed by atoms with Crippen molar-refractivity contribution in [1.29, 1.82) is 5.41 Å². The van der Waals surface area contributed by atoms with Crippen LogP contribution in [0.5, 0.6) is 5.88 Å². The molecule has 0 atom stereocenters. The van der Waals surface area contributed by atoms with Crippen molar-refractivity contribution in [2.24, 2.45) is 14.1 Å². The molecule has 1 aromatic rings. The fourth-order valence-corrected chi connectivity index (χ4v) is 1.52. The second kappa shape index (κ2) is 3.93. The molecule has 0 unspecified atom stereocenters. The van der Waals surface area contributed by atoms with E-state index < -0.39 is 17.1 Å². The molecule has 0 aromatic carbocycles. The van der Waals surface area contributed by atoms with E-state index in [4.69, 9.17) is 5.41 Å². The number of hydrogen-bond donors (Lipinski definition) is 2. The predicted octanol–water partition coefficient (Wildman–Crippen LogP) is -0.522. The van der Waals surface area contributed by atoms with Crippen molar-refractivity contribution in [2.75, 3.05) is 6.26 Å². The summed E-state index contributed by atoms with van der Waals surface area (Å²) in [5.41, 5.74) is -1.42. The monoisotopic (exact) mass is 229 g/mol. The molecule has 0 saturated heterocycles. The van der Waals surface area contributed by atoms with Gasteiger partial charge in [-0.2, -0.15) is 0 Å². The first kappa shape index (κ1) is 11.6. The highest BCUT2D eigenvalue weighted by Crippen LogP contribution is 2.14. The summed E-state index contributed by atoms with van der Waals surface area (Å²) < 4.78 is 1.79. The Balaban J connectivity index is 3.76. The van der Waals surface area contributed by atoms with Gasteiger partial charge in [-0.1, -0.05) is 0 Å². The van der Waals surface area contributed by atoms with Crippen LogP contribution in [-0.4, -0.2) is 25.5 Å². The summed E-state index contributed by atoms with van der Waals surface area (Å²) in [7, 11) is 2.65. The Hall–Kier alpha value is -1.50. The highest BCUT2D eigenvalue weighted by molar-refractivity contribution is 8.13. The van der Waals surface area contributed by atoms with Gasteiger partial charge in [0, 0.05) is 14.1 Å². The normalized spacial score (nSPS) is 10.3. The van der Waals surface area contributed by atoms with E-state index in [1.165, 1.54) is 14.1 Å². The Morgan fingerprint density at radius 2 is 1.87 bits per heavy atom. The van der Waals surface area contributed by atoms with Crippen LogP contribution >= 0.6 is 11.8 Å². The first-order valence-electron chi connectivity index (χ1n) is 4.03. The van der Waals surface area contributed by atoms with Crippen molar-refractivity contribution in [1.82, 2.24) is 9.13 Å². The lowest BCUT2D eigenvalue weighted by atomic mass is 10.3. The summed E-state index contributed by atoms with van der Waals surface area (Å²) in [6.45, 7) is 0. The molecule has 1 aromatic heterocycles. The van der Waals surface area contributed by atoms with Gasteiger partial charge in [-0.15, -0.1) is 11.8 Å². The van der Waals surface area contributed by atoms with Gasteiger partial charge >= 0.3 is 5.69 Å². The van der Waals surface area contributed by atoms with Crippen molar-refractivity contribution in [3.8, 4) is 5.88 Å². The standard InChI is InChI=1S/C8H11N3O3S/c1-10-6(12)4(5(9)15-3)7(13)11(2)8(10)14/h9,12H,1-3H3. The highest BCUT2D eigenvalue weighted by Gasteiger charge is 2.17.